The quantitative estimate of drug-likeness (QED) is 0.764. The summed E-state index contributed by atoms with van der Waals surface area (Å²) in [5.74, 6) is -0.681. The molecule has 0 aliphatic heterocycles. The number of nitrogens with one attached hydrogen (secondary N) is 2. The van der Waals surface area contributed by atoms with Gasteiger partial charge in [0.1, 0.15) is 6.26 Å². The number of aromatic amines is 1. The number of hydrogen-bond acceptors (Lipinski definition) is 6. The average molecular weight is 324 g/mol. The molecule has 118 valence electrons. The van der Waals surface area contributed by atoms with Gasteiger partial charge < -0.3 is 4.42 Å². The van der Waals surface area contributed by atoms with Crippen molar-refractivity contribution in [1.29, 1.82) is 0 Å². The standard InChI is InChI=1S/C12H7F3N6O2/c13-12(14,15)7-3-1-6(2-4-7)10-16-8(5-23-10)9(22)17-11-18-20-21-19-11/h1-5H,(H2,17,18,19,20,21,22). The first kappa shape index (κ1) is 14.7. The van der Waals surface area contributed by atoms with Crippen molar-refractivity contribution in [1.82, 2.24) is 25.6 Å². The second-order valence-corrected chi connectivity index (χ2v) is 4.30. The minimum absolute atomic E-state index is 0.0111. The first-order chi connectivity index (χ1) is 10.9. The van der Waals surface area contributed by atoms with Crippen molar-refractivity contribution < 1.29 is 22.4 Å². The summed E-state index contributed by atoms with van der Waals surface area (Å²) in [4.78, 5) is 15.7. The van der Waals surface area contributed by atoms with Crippen molar-refractivity contribution in [3.8, 4) is 11.5 Å². The third-order valence-electron chi connectivity index (χ3n) is 2.77. The third kappa shape index (κ3) is 3.17. The van der Waals surface area contributed by atoms with Gasteiger partial charge in [-0.05, 0) is 29.5 Å². The topological polar surface area (TPSA) is 110 Å². The molecule has 1 aromatic carbocycles. The Balaban J connectivity index is 1.77. The van der Waals surface area contributed by atoms with Gasteiger partial charge in [0.15, 0.2) is 5.69 Å². The number of carbonyl (C=O) groups excluding carboxylic acids is 1. The highest BCUT2D eigenvalue weighted by atomic mass is 19.4. The number of anilines is 1. The lowest BCUT2D eigenvalue weighted by molar-refractivity contribution is -0.137. The Bertz CT molecular complexity index is 810. The number of tetrazole rings is 1. The number of alkyl halides is 3. The largest absolute Gasteiger partial charge is 0.444 e. The van der Waals surface area contributed by atoms with Gasteiger partial charge in [0.2, 0.25) is 5.89 Å². The molecule has 8 nitrogen and oxygen atoms in total. The van der Waals surface area contributed by atoms with Gasteiger partial charge >= 0.3 is 6.18 Å². The predicted molar refractivity (Wildman–Crippen MR) is 69.1 cm³/mol. The zero-order valence-corrected chi connectivity index (χ0v) is 11.1. The van der Waals surface area contributed by atoms with E-state index in [0.29, 0.717) is 5.56 Å². The van der Waals surface area contributed by atoms with Crippen LogP contribution in [0, 0.1) is 0 Å². The maximum Gasteiger partial charge on any atom is 0.416 e. The molecule has 11 heteroatoms. The lowest BCUT2D eigenvalue weighted by Gasteiger charge is -2.05. The molecule has 0 aliphatic carbocycles. The molecule has 0 radical (unpaired) electrons. The summed E-state index contributed by atoms with van der Waals surface area (Å²) in [6, 6.07) is 4.21. The Morgan fingerprint density at radius 3 is 2.57 bits per heavy atom. The van der Waals surface area contributed by atoms with E-state index < -0.39 is 17.6 Å². The first-order valence-electron chi connectivity index (χ1n) is 6.11. The molecule has 0 saturated carbocycles. The lowest BCUT2D eigenvalue weighted by Crippen LogP contribution is -2.13. The van der Waals surface area contributed by atoms with E-state index in [2.05, 4.69) is 30.9 Å². The molecular weight excluding hydrogens is 317 g/mol. The fourth-order valence-corrected chi connectivity index (χ4v) is 1.69. The molecule has 2 aromatic heterocycles. The molecule has 0 bridgehead atoms. The Hall–Kier alpha value is -3.24. The molecular formula is C12H7F3N6O2. The summed E-state index contributed by atoms with van der Waals surface area (Å²) in [7, 11) is 0. The van der Waals surface area contributed by atoms with Gasteiger partial charge in [-0.3, -0.25) is 10.1 Å². The average Bonchev–Trinajstić information content (AvgIpc) is 3.17. The van der Waals surface area contributed by atoms with Gasteiger partial charge in [0.25, 0.3) is 11.9 Å². The molecule has 0 unspecified atom stereocenters. The first-order valence-corrected chi connectivity index (χ1v) is 6.11. The highest BCUT2D eigenvalue weighted by Crippen LogP contribution is 2.30. The fraction of sp³-hybridized carbons (Fsp3) is 0.0833. The maximum absolute atomic E-state index is 12.5. The SMILES string of the molecule is O=C(Nc1nn[nH]n1)c1coc(-c2ccc(C(F)(F)F)cc2)n1. The van der Waals surface area contributed by atoms with E-state index in [1.54, 1.807) is 0 Å². The van der Waals surface area contributed by atoms with E-state index in [-0.39, 0.29) is 17.5 Å². The molecule has 0 atom stereocenters. The van der Waals surface area contributed by atoms with Crippen LogP contribution in [-0.4, -0.2) is 31.5 Å². The van der Waals surface area contributed by atoms with Crippen LogP contribution in [-0.2, 0) is 6.18 Å². The van der Waals surface area contributed by atoms with E-state index in [1.807, 2.05) is 0 Å². The molecule has 2 N–H and O–H groups in total. The van der Waals surface area contributed by atoms with Crippen molar-refractivity contribution in [3.63, 3.8) is 0 Å². The van der Waals surface area contributed by atoms with Crippen molar-refractivity contribution in [2.45, 2.75) is 6.18 Å². The molecule has 1 amide bonds. The molecule has 0 fully saturated rings. The predicted octanol–water partition coefficient (Wildman–Crippen LogP) is 2.13. The number of oxazole rings is 1. The van der Waals surface area contributed by atoms with Gasteiger partial charge in [-0.25, -0.2) is 4.98 Å². The fourth-order valence-electron chi connectivity index (χ4n) is 1.69. The number of halogens is 3. The van der Waals surface area contributed by atoms with Gasteiger partial charge in [0, 0.05) is 5.56 Å². The van der Waals surface area contributed by atoms with Crippen LogP contribution in [0.15, 0.2) is 34.9 Å². The van der Waals surface area contributed by atoms with Crippen LogP contribution in [0.5, 0.6) is 0 Å². The summed E-state index contributed by atoms with van der Waals surface area (Å²) in [6.07, 6.45) is -3.35. The van der Waals surface area contributed by atoms with E-state index in [4.69, 9.17) is 4.42 Å². The summed E-state index contributed by atoms with van der Waals surface area (Å²) in [5, 5.41) is 14.8. The van der Waals surface area contributed by atoms with Crippen molar-refractivity contribution in [3.05, 3.63) is 41.8 Å². The van der Waals surface area contributed by atoms with Crippen LogP contribution in [0.3, 0.4) is 0 Å². The number of rotatable bonds is 3. The number of hydrogen-bond donors (Lipinski definition) is 2. The zero-order valence-electron chi connectivity index (χ0n) is 11.1. The number of H-pyrrole nitrogens is 1. The van der Waals surface area contributed by atoms with Gasteiger partial charge in [-0.15, -0.1) is 5.10 Å². The molecule has 3 aromatic rings. The Labute approximate surface area is 125 Å². The van der Waals surface area contributed by atoms with Crippen molar-refractivity contribution >= 4 is 11.9 Å². The maximum atomic E-state index is 12.5. The molecule has 2 heterocycles. The molecule has 3 rings (SSSR count). The second-order valence-electron chi connectivity index (χ2n) is 4.30. The van der Waals surface area contributed by atoms with Crippen molar-refractivity contribution in [2.75, 3.05) is 5.32 Å². The number of aromatic nitrogens is 5. The normalized spacial score (nSPS) is 11.4. The highest BCUT2D eigenvalue weighted by Gasteiger charge is 2.30. The van der Waals surface area contributed by atoms with Crippen LogP contribution in [0.25, 0.3) is 11.5 Å². The smallest absolute Gasteiger partial charge is 0.416 e. The Morgan fingerprint density at radius 1 is 1.22 bits per heavy atom. The van der Waals surface area contributed by atoms with Gasteiger partial charge in [-0.2, -0.15) is 18.4 Å². The minimum atomic E-state index is -4.43. The Kier molecular flexibility index (Phi) is 3.52. The summed E-state index contributed by atoms with van der Waals surface area (Å²) < 4.78 is 42.6. The monoisotopic (exact) mass is 324 g/mol. The third-order valence-corrected chi connectivity index (χ3v) is 2.77. The van der Waals surface area contributed by atoms with E-state index in [9.17, 15) is 18.0 Å². The van der Waals surface area contributed by atoms with Crippen molar-refractivity contribution in [2.24, 2.45) is 0 Å². The Morgan fingerprint density at radius 2 is 1.96 bits per heavy atom. The highest BCUT2D eigenvalue weighted by molar-refractivity contribution is 6.01. The molecule has 0 saturated heterocycles. The van der Waals surface area contributed by atoms with E-state index in [0.717, 1.165) is 18.4 Å². The second kappa shape index (κ2) is 5.51. The summed E-state index contributed by atoms with van der Waals surface area (Å²) >= 11 is 0. The van der Waals surface area contributed by atoms with Gasteiger partial charge in [0.05, 0.1) is 5.56 Å². The molecule has 0 aliphatic rings. The molecule has 23 heavy (non-hydrogen) atoms. The molecule has 0 spiro atoms. The summed E-state index contributed by atoms with van der Waals surface area (Å²) in [5.41, 5.74) is -0.566. The number of benzene rings is 1. The lowest BCUT2D eigenvalue weighted by atomic mass is 10.1. The number of nitrogens with zero attached hydrogens (tertiary/aromatic N) is 4. The summed E-state index contributed by atoms with van der Waals surface area (Å²) in [6.45, 7) is 0. The van der Waals surface area contributed by atoms with E-state index >= 15 is 0 Å². The van der Waals surface area contributed by atoms with E-state index in [1.165, 1.54) is 12.1 Å². The van der Waals surface area contributed by atoms with Crippen LogP contribution >= 0.6 is 0 Å². The minimum Gasteiger partial charge on any atom is -0.444 e. The van der Waals surface area contributed by atoms with Gasteiger partial charge in [-0.1, -0.05) is 5.10 Å². The van der Waals surface area contributed by atoms with Crippen LogP contribution in [0.4, 0.5) is 19.1 Å². The van der Waals surface area contributed by atoms with Crippen LogP contribution < -0.4 is 5.32 Å². The van der Waals surface area contributed by atoms with Crippen LogP contribution in [0.2, 0.25) is 0 Å². The zero-order chi connectivity index (χ0) is 16.4. The number of amides is 1. The van der Waals surface area contributed by atoms with Crippen LogP contribution in [0.1, 0.15) is 16.1 Å². The number of carbonyl (C=O) groups is 1.